The lowest BCUT2D eigenvalue weighted by atomic mass is 10.1. The van der Waals surface area contributed by atoms with E-state index in [0.717, 1.165) is 12.8 Å². The Kier molecular flexibility index (Phi) is 5.10. The second-order valence-electron chi connectivity index (χ2n) is 4.92. The lowest BCUT2D eigenvalue weighted by molar-refractivity contribution is -0.384. The maximum atomic E-state index is 12.3. The fraction of sp³-hybridized carbons (Fsp3) is 0.500. The minimum Gasteiger partial charge on any atom is -0.379 e. The normalized spacial score (nSPS) is 17.5. The van der Waals surface area contributed by atoms with Crippen LogP contribution in [0.5, 0.6) is 0 Å². The number of benzene rings is 1. The molecule has 1 fully saturated rings. The summed E-state index contributed by atoms with van der Waals surface area (Å²) in [4.78, 5) is 23.0. The van der Waals surface area contributed by atoms with E-state index in [2.05, 4.69) is 10.6 Å². The Morgan fingerprint density at radius 3 is 2.95 bits per heavy atom. The van der Waals surface area contributed by atoms with Gasteiger partial charge in [-0.2, -0.15) is 0 Å². The van der Waals surface area contributed by atoms with E-state index < -0.39 is 10.8 Å². The minimum atomic E-state index is -0.516. The number of para-hydroxylation sites is 1. The number of hydrogen-bond acceptors (Lipinski definition) is 5. The Morgan fingerprint density at radius 2 is 2.33 bits per heavy atom. The van der Waals surface area contributed by atoms with Crippen molar-refractivity contribution >= 4 is 17.3 Å². The maximum absolute atomic E-state index is 12.3. The van der Waals surface area contributed by atoms with Crippen LogP contribution in [-0.4, -0.2) is 36.6 Å². The molecule has 0 bridgehead atoms. The van der Waals surface area contributed by atoms with Gasteiger partial charge in [-0.1, -0.05) is 13.0 Å². The number of amides is 1. The molecule has 1 amide bonds. The number of hydrogen-bond donors (Lipinski definition) is 2. The first-order chi connectivity index (χ1) is 10.1. The predicted molar refractivity (Wildman–Crippen MR) is 78.6 cm³/mol. The average molecular weight is 293 g/mol. The molecule has 1 aromatic carbocycles. The number of carbonyl (C=O) groups is 1. The number of carbonyl (C=O) groups excluding carboxylic acids is 1. The molecule has 0 saturated carbocycles. The van der Waals surface area contributed by atoms with E-state index in [-0.39, 0.29) is 17.3 Å². The first-order valence-electron chi connectivity index (χ1n) is 7.03. The molecular weight excluding hydrogens is 274 g/mol. The monoisotopic (exact) mass is 293 g/mol. The van der Waals surface area contributed by atoms with Crippen LogP contribution in [0.1, 0.15) is 30.1 Å². The highest BCUT2D eigenvalue weighted by Crippen LogP contribution is 2.28. The van der Waals surface area contributed by atoms with E-state index >= 15 is 0 Å². The summed E-state index contributed by atoms with van der Waals surface area (Å²) in [5, 5.41) is 17.1. The van der Waals surface area contributed by atoms with Crippen LogP contribution in [0.25, 0.3) is 0 Å². The molecule has 1 heterocycles. The number of nitrogens with zero attached hydrogens (tertiary/aromatic N) is 1. The second-order valence-corrected chi connectivity index (χ2v) is 4.92. The summed E-state index contributed by atoms with van der Waals surface area (Å²) in [6.45, 7) is 3.64. The van der Waals surface area contributed by atoms with E-state index in [0.29, 0.717) is 25.4 Å². The van der Waals surface area contributed by atoms with Crippen molar-refractivity contribution < 1.29 is 14.5 Å². The van der Waals surface area contributed by atoms with Crippen molar-refractivity contribution in [1.29, 1.82) is 0 Å². The summed E-state index contributed by atoms with van der Waals surface area (Å²) in [6, 6.07) is 4.65. The number of anilines is 1. The van der Waals surface area contributed by atoms with Crippen LogP contribution in [0.2, 0.25) is 0 Å². The molecule has 0 radical (unpaired) electrons. The first-order valence-corrected chi connectivity index (χ1v) is 7.03. The van der Waals surface area contributed by atoms with E-state index in [1.54, 1.807) is 12.1 Å². The van der Waals surface area contributed by atoms with Crippen molar-refractivity contribution in [2.24, 2.45) is 0 Å². The van der Waals surface area contributed by atoms with E-state index in [1.807, 2.05) is 6.92 Å². The summed E-state index contributed by atoms with van der Waals surface area (Å²) >= 11 is 0. The molecule has 1 aliphatic rings. The molecular formula is C14H19N3O4. The van der Waals surface area contributed by atoms with Crippen molar-refractivity contribution in [2.45, 2.75) is 25.8 Å². The van der Waals surface area contributed by atoms with Crippen molar-refractivity contribution in [3.63, 3.8) is 0 Å². The van der Waals surface area contributed by atoms with Gasteiger partial charge in [-0.25, -0.2) is 0 Å². The van der Waals surface area contributed by atoms with Crippen molar-refractivity contribution in [1.82, 2.24) is 5.32 Å². The topological polar surface area (TPSA) is 93.5 Å². The molecule has 7 nitrogen and oxygen atoms in total. The van der Waals surface area contributed by atoms with Crippen molar-refractivity contribution in [3.8, 4) is 0 Å². The maximum Gasteiger partial charge on any atom is 0.305 e. The first kappa shape index (κ1) is 15.2. The SMILES string of the molecule is CCCNc1cccc(C(=O)NC2CCOC2)c1[N+](=O)[O-]. The van der Waals surface area contributed by atoms with Gasteiger partial charge in [-0.3, -0.25) is 14.9 Å². The standard InChI is InChI=1S/C14H19N3O4/c1-2-7-15-12-5-3-4-11(13(12)17(19)20)14(18)16-10-6-8-21-9-10/h3-5,10,15H,2,6-9H2,1H3,(H,16,18). The van der Waals surface area contributed by atoms with Gasteiger partial charge in [-0.05, 0) is 25.0 Å². The fourth-order valence-electron chi connectivity index (χ4n) is 2.24. The Hall–Kier alpha value is -2.15. The molecule has 1 saturated heterocycles. The van der Waals surface area contributed by atoms with Crippen LogP contribution in [0.3, 0.4) is 0 Å². The number of nitrogens with one attached hydrogen (secondary N) is 2. The van der Waals surface area contributed by atoms with Crippen LogP contribution in [0, 0.1) is 10.1 Å². The van der Waals surface area contributed by atoms with Gasteiger partial charge >= 0.3 is 5.69 Å². The lowest BCUT2D eigenvalue weighted by Gasteiger charge is -2.12. The van der Waals surface area contributed by atoms with E-state index in [4.69, 9.17) is 4.74 Å². The van der Waals surface area contributed by atoms with Crippen LogP contribution in [0.15, 0.2) is 18.2 Å². The number of nitro groups is 1. The van der Waals surface area contributed by atoms with Crippen molar-refractivity contribution in [3.05, 3.63) is 33.9 Å². The number of nitro benzene ring substituents is 1. The van der Waals surface area contributed by atoms with Gasteiger partial charge in [0.2, 0.25) is 0 Å². The molecule has 114 valence electrons. The summed E-state index contributed by atoms with van der Waals surface area (Å²) in [7, 11) is 0. The molecule has 0 spiro atoms. The highest BCUT2D eigenvalue weighted by Gasteiger charge is 2.26. The van der Waals surface area contributed by atoms with Gasteiger partial charge in [0.15, 0.2) is 0 Å². The minimum absolute atomic E-state index is 0.0769. The average Bonchev–Trinajstić information content (AvgIpc) is 2.97. The molecule has 1 unspecified atom stereocenters. The second kappa shape index (κ2) is 7.03. The highest BCUT2D eigenvalue weighted by atomic mass is 16.6. The molecule has 21 heavy (non-hydrogen) atoms. The molecule has 1 aliphatic heterocycles. The van der Waals surface area contributed by atoms with Crippen LogP contribution in [0.4, 0.5) is 11.4 Å². The van der Waals surface area contributed by atoms with Crippen molar-refractivity contribution in [2.75, 3.05) is 25.1 Å². The van der Waals surface area contributed by atoms with Gasteiger partial charge in [0.05, 0.1) is 17.6 Å². The molecule has 0 aromatic heterocycles. The molecule has 1 aromatic rings. The van der Waals surface area contributed by atoms with Crippen LogP contribution in [-0.2, 0) is 4.74 Å². The Bertz CT molecular complexity index is 527. The number of ether oxygens (including phenoxy) is 1. The predicted octanol–water partition coefficient (Wildman–Crippen LogP) is 1.94. The smallest absolute Gasteiger partial charge is 0.305 e. The summed E-state index contributed by atoms with van der Waals surface area (Å²) in [5.41, 5.74) is 0.271. The quantitative estimate of drug-likeness (QED) is 0.617. The van der Waals surface area contributed by atoms with Gasteiger partial charge in [-0.15, -0.1) is 0 Å². The zero-order chi connectivity index (χ0) is 15.2. The van der Waals surface area contributed by atoms with Crippen LogP contribution < -0.4 is 10.6 Å². The third-order valence-corrected chi connectivity index (χ3v) is 3.29. The zero-order valence-electron chi connectivity index (χ0n) is 11.9. The van der Waals surface area contributed by atoms with E-state index in [9.17, 15) is 14.9 Å². The molecule has 7 heteroatoms. The summed E-state index contributed by atoms with van der Waals surface area (Å²) < 4.78 is 5.19. The van der Waals surface area contributed by atoms with Crippen LogP contribution >= 0.6 is 0 Å². The van der Waals surface area contributed by atoms with E-state index in [1.165, 1.54) is 6.07 Å². The Labute approximate surface area is 122 Å². The van der Waals surface area contributed by atoms with Gasteiger partial charge in [0, 0.05) is 13.2 Å². The van der Waals surface area contributed by atoms with Gasteiger partial charge < -0.3 is 15.4 Å². The Morgan fingerprint density at radius 1 is 1.52 bits per heavy atom. The third kappa shape index (κ3) is 3.69. The highest BCUT2D eigenvalue weighted by molar-refractivity contribution is 6.00. The zero-order valence-corrected chi connectivity index (χ0v) is 11.9. The summed E-state index contributed by atoms with van der Waals surface area (Å²) in [5.74, 6) is -0.433. The number of rotatable bonds is 6. The fourth-order valence-corrected chi connectivity index (χ4v) is 2.24. The van der Waals surface area contributed by atoms with Gasteiger partial charge in [0.1, 0.15) is 11.3 Å². The molecule has 2 N–H and O–H groups in total. The molecule has 2 rings (SSSR count). The summed E-state index contributed by atoms with van der Waals surface area (Å²) in [6.07, 6.45) is 1.57. The third-order valence-electron chi connectivity index (χ3n) is 3.29. The van der Waals surface area contributed by atoms with Gasteiger partial charge in [0.25, 0.3) is 5.91 Å². The lowest BCUT2D eigenvalue weighted by Crippen LogP contribution is -2.35. The molecule has 1 atom stereocenters. The Balaban J connectivity index is 2.24. The largest absolute Gasteiger partial charge is 0.379 e. The molecule has 0 aliphatic carbocycles.